The van der Waals surface area contributed by atoms with E-state index in [2.05, 4.69) is 5.10 Å². The topological polar surface area (TPSA) is 70.1 Å². The Morgan fingerprint density at radius 3 is 3.00 bits per heavy atom. The molecule has 98 valence electrons. The molecule has 0 radical (unpaired) electrons. The van der Waals surface area contributed by atoms with E-state index >= 15 is 0 Å². The lowest BCUT2D eigenvalue weighted by Crippen LogP contribution is -2.09. The molecule has 0 aliphatic heterocycles. The average Bonchev–Trinajstić information content (AvgIpc) is 3.10. The molecule has 1 heterocycles. The van der Waals surface area contributed by atoms with Crippen molar-refractivity contribution in [2.45, 2.75) is 12.8 Å². The van der Waals surface area contributed by atoms with Gasteiger partial charge in [-0.3, -0.25) is 0 Å². The first kappa shape index (κ1) is 11.8. The molecule has 1 aromatic carbocycles. The van der Waals surface area contributed by atoms with Crippen LogP contribution >= 0.6 is 0 Å². The number of nitrogens with two attached hydrogens (primary N) is 1. The summed E-state index contributed by atoms with van der Waals surface area (Å²) in [6, 6.07) is 8.97. The number of nitrogens with zero attached hydrogens (tertiary/aromatic N) is 2. The van der Waals surface area contributed by atoms with Crippen LogP contribution in [-0.4, -0.2) is 22.4 Å². The average molecular weight is 257 g/mol. The summed E-state index contributed by atoms with van der Waals surface area (Å²) in [6.07, 6.45) is 4.04. The maximum Gasteiger partial charge on any atom is 0.358 e. The Morgan fingerprint density at radius 2 is 2.26 bits per heavy atom. The van der Waals surface area contributed by atoms with Gasteiger partial charge in [-0.1, -0.05) is 6.07 Å². The summed E-state index contributed by atoms with van der Waals surface area (Å²) in [7, 11) is 0. The summed E-state index contributed by atoms with van der Waals surface area (Å²) >= 11 is 0. The van der Waals surface area contributed by atoms with Gasteiger partial charge in [0.05, 0.1) is 12.3 Å². The summed E-state index contributed by atoms with van der Waals surface area (Å²) < 4.78 is 6.80. The second-order valence-corrected chi connectivity index (χ2v) is 4.78. The Hall–Kier alpha value is -2.30. The maximum absolute atomic E-state index is 11.8. The van der Waals surface area contributed by atoms with Crippen molar-refractivity contribution in [1.29, 1.82) is 0 Å². The lowest BCUT2D eigenvalue weighted by molar-refractivity contribution is 0.0478. The van der Waals surface area contributed by atoms with Crippen LogP contribution in [0.5, 0.6) is 0 Å². The van der Waals surface area contributed by atoms with Crippen LogP contribution in [0.1, 0.15) is 23.3 Å². The van der Waals surface area contributed by atoms with E-state index in [4.69, 9.17) is 10.5 Å². The number of anilines is 1. The van der Waals surface area contributed by atoms with Gasteiger partial charge in [0.15, 0.2) is 5.69 Å². The molecule has 19 heavy (non-hydrogen) atoms. The van der Waals surface area contributed by atoms with Crippen LogP contribution in [0.4, 0.5) is 5.69 Å². The summed E-state index contributed by atoms with van der Waals surface area (Å²) in [5, 5.41) is 4.21. The molecule has 1 aliphatic rings. The molecular formula is C14H15N3O2. The van der Waals surface area contributed by atoms with Gasteiger partial charge in [-0.15, -0.1) is 0 Å². The largest absolute Gasteiger partial charge is 0.461 e. The fourth-order valence-electron chi connectivity index (χ4n) is 1.80. The molecule has 0 saturated heterocycles. The molecule has 5 heteroatoms. The number of nitrogen functional groups attached to an aromatic ring is 1. The van der Waals surface area contributed by atoms with Crippen LogP contribution in [0.25, 0.3) is 5.69 Å². The molecule has 0 spiro atoms. The van der Waals surface area contributed by atoms with Crippen LogP contribution in [0.15, 0.2) is 36.5 Å². The molecule has 1 saturated carbocycles. The molecule has 0 amide bonds. The monoisotopic (exact) mass is 257 g/mol. The van der Waals surface area contributed by atoms with Crippen molar-refractivity contribution in [2.75, 3.05) is 12.3 Å². The fraction of sp³-hybridized carbons (Fsp3) is 0.286. The number of rotatable bonds is 4. The van der Waals surface area contributed by atoms with Gasteiger partial charge in [0.1, 0.15) is 0 Å². The minimum absolute atomic E-state index is 0.322. The zero-order valence-electron chi connectivity index (χ0n) is 10.5. The zero-order valence-corrected chi connectivity index (χ0v) is 10.5. The third-order valence-electron chi connectivity index (χ3n) is 3.08. The van der Waals surface area contributed by atoms with Gasteiger partial charge < -0.3 is 10.5 Å². The number of aromatic nitrogens is 2. The van der Waals surface area contributed by atoms with Crippen LogP contribution in [0, 0.1) is 5.92 Å². The van der Waals surface area contributed by atoms with E-state index in [1.165, 1.54) is 0 Å². The summed E-state index contributed by atoms with van der Waals surface area (Å²) in [6.45, 7) is 0.504. The highest BCUT2D eigenvalue weighted by molar-refractivity contribution is 5.87. The molecular weight excluding hydrogens is 242 g/mol. The lowest BCUT2D eigenvalue weighted by atomic mass is 10.3. The second-order valence-electron chi connectivity index (χ2n) is 4.78. The fourth-order valence-corrected chi connectivity index (χ4v) is 1.80. The number of carbonyl (C=O) groups excluding carboxylic acids is 1. The van der Waals surface area contributed by atoms with Gasteiger partial charge in [0.2, 0.25) is 0 Å². The molecule has 2 aromatic rings. The van der Waals surface area contributed by atoms with E-state index in [9.17, 15) is 4.79 Å². The standard InChI is InChI=1S/C14H15N3O2/c15-11-2-1-3-12(8-11)17-7-6-13(16-17)14(18)19-9-10-4-5-10/h1-3,6-8,10H,4-5,9,15H2. The first-order valence-electron chi connectivity index (χ1n) is 6.31. The molecule has 1 aliphatic carbocycles. The Labute approximate surface area is 111 Å². The Morgan fingerprint density at radius 1 is 1.42 bits per heavy atom. The number of hydrogen-bond donors (Lipinski definition) is 1. The number of hydrogen-bond acceptors (Lipinski definition) is 4. The maximum atomic E-state index is 11.8. The second kappa shape index (κ2) is 4.76. The highest BCUT2D eigenvalue weighted by atomic mass is 16.5. The third-order valence-corrected chi connectivity index (χ3v) is 3.08. The van der Waals surface area contributed by atoms with Crippen molar-refractivity contribution >= 4 is 11.7 Å². The van der Waals surface area contributed by atoms with Gasteiger partial charge in [-0.25, -0.2) is 9.48 Å². The van der Waals surface area contributed by atoms with Gasteiger partial charge in [0.25, 0.3) is 0 Å². The van der Waals surface area contributed by atoms with Crippen LogP contribution in [0.3, 0.4) is 0 Å². The van der Waals surface area contributed by atoms with E-state index in [0.29, 0.717) is 23.9 Å². The van der Waals surface area contributed by atoms with Crippen LogP contribution in [0.2, 0.25) is 0 Å². The number of carbonyl (C=O) groups is 1. The Bertz CT molecular complexity index is 602. The molecule has 2 N–H and O–H groups in total. The van der Waals surface area contributed by atoms with Crippen molar-refractivity contribution in [3.8, 4) is 5.69 Å². The molecule has 1 aromatic heterocycles. The van der Waals surface area contributed by atoms with Crippen LogP contribution < -0.4 is 5.73 Å². The van der Waals surface area contributed by atoms with Crippen molar-refractivity contribution in [3.05, 3.63) is 42.2 Å². The number of benzene rings is 1. The van der Waals surface area contributed by atoms with Crippen LogP contribution in [-0.2, 0) is 4.74 Å². The van der Waals surface area contributed by atoms with Crippen molar-refractivity contribution in [1.82, 2.24) is 9.78 Å². The lowest BCUT2D eigenvalue weighted by Gasteiger charge is -2.02. The molecule has 5 nitrogen and oxygen atoms in total. The van der Waals surface area contributed by atoms with E-state index in [-0.39, 0.29) is 5.97 Å². The normalized spacial score (nSPS) is 14.3. The first-order chi connectivity index (χ1) is 9.22. The van der Waals surface area contributed by atoms with Gasteiger partial charge in [-0.05, 0) is 43.0 Å². The highest BCUT2D eigenvalue weighted by Crippen LogP contribution is 2.29. The molecule has 1 fully saturated rings. The van der Waals surface area contributed by atoms with E-state index in [0.717, 1.165) is 18.5 Å². The smallest absolute Gasteiger partial charge is 0.358 e. The number of ether oxygens (including phenoxy) is 1. The first-order valence-corrected chi connectivity index (χ1v) is 6.31. The highest BCUT2D eigenvalue weighted by Gasteiger charge is 2.24. The Balaban J connectivity index is 1.73. The third kappa shape index (κ3) is 2.76. The molecule has 0 atom stereocenters. The summed E-state index contributed by atoms with van der Waals surface area (Å²) in [4.78, 5) is 11.8. The number of esters is 1. The van der Waals surface area contributed by atoms with E-state index in [1.807, 2.05) is 12.1 Å². The summed E-state index contributed by atoms with van der Waals surface area (Å²) in [5.41, 5.74) is 7.52. The molecule has 0 bridgehead atoms. The zero-order chi connectivity index (χ0) is 13.2. The quantitative estimate of drug-likeness (QED) is 0.672. The van der Waals surface area contributed by atoms with E-state index < -0.39 is 0 Å². The minimum Gasteiger partial charge on any atom is -0.461 e. The van der Waals surface area contributed by atoms with Crippen molar-refractivity contribution in [2.24, 2.45) is 5.92 Å². The Kier molecular flexibility index (Phi) is 2.95. The van der Waals surface area contributed by atoms with Gasteiger partial charge in [-0.2, -0.15) is 5.10 Å². The molecule has 3 rings (SSSR count). The van der Waals surface area contributed by atoms with E-state index in [1.54, 1.807) is 29.1 Å². The summed E-state index contributed by atoms with van der Waals surface area (Å²) in [5.74, 6) is 0.189. The SMILES string of the molecule is Nc1cccc(-n2ccc(C(=O)OCC3CC3)n2)c1. The van der Waals surface area contributed by atoms with Crippen molar-refractivity contribution < 1.29 is 9.53 Å². The molecule has 0 unspecified atom stereocenters. The predicted molar refractivity (Wildman–Crippen MR) is 71.0 cm³/mol. The van der Waals surface area contributed by atoms with Gasteiger partial charge in [0, 0.05) is 11.9 Å². The van der Waals surface area contributed by atoms with Gasteiger partial charge >= 0.3 is 5.97 Å². The minimum atomic E-state index is -0.366. The van der Waals surface area contributed by atoms with Crippen molar-refractivity contribution in [3.63, 3.8) is 0 Å². The predicted octanol–water partition coefficient (Wildman–Crippen LogP) is 2.02.